The molecule has 0 spiro atoms. The van der Waals surface area contributed by atoms with Gasteiger partial charge in [0.1, 0.15) is 5.00 Å². The topological polar surface area (TPSA) is 55.4 Å². The highest BCUT2D eigenvalue weighted by molar-refractivity contribution is 7.17. The number of anilines is 1. The molecule has 0 fully saturated rings. The van der Waals surface area contributed by atoms with Crippen molar-refractivity contribution in [2.75, 3.05) is 11.9 Å². The first-order chi connectivity index (χ1) is 11.7. The lowest BCUT2D eigenvalue weighted by Crippen LogP contribution is -2.28. The molecule has 1 aliphatic rings. The molecule has 2 rings (SSSR count). The van der Waals surface area contributed by atoms with Gasteiger partial charge in [0.25, 0.3) is 0 Å². The number of hydrogen-bond acceptors (Lipinski definition) is 4. The van der Waals surface area contributed by atoms with E-state index in [1.54, 1.807) is 11.3 Å². The van der Waals surface area contributed by atoms with E-state index in [0.717, 1.165) is 31.2 Å². The van der Waals surface area contributed by atoms with Gasteiger partial charge in [0.05, 0.1) is 12.2 Å². The van der Waals surface area contributed by atoms with E-state index in [1.807, 2.05) is 20.8 Å². The van der Waals surface area contributed by atoms with Crippen molar-refractivity contribution in [1.29, 1.82) is 0 Å². The molecular weight excluding hydrogens is 334 g/mol. The van der Waals surface area contributed by atoms with Crippen molar-refractivity contribution >= 4 is 28.2 Å². The summed E-state index contributed by atoms with van der Waals surface area (Å²) in [6.45, 7) is 12.7. The third-order valence-electron chi connectivity index (χ3n) is 5.52. The quantitative estimate of drug-likeness (QED) is 0.717. The van der Waals surface area contributed by atoms with Gasteiger partial charge < -0.3 is 10.1 Å². The summed E-state index contributed by atoms with van der Waals surface area (Å²) in [4.78, 5) is 25.9. The predicted molar refractivity (Wildman–Crippen MR) is 103 cm³/mol. The van der Waals surface area contributed by atoms with E-state index in [0.29, 0.717) is 23.1 Å². The zero-order valence-electron chi connectivity index (χ0n) is 16.3. The molecule has 0 radical (unpaired) electrons. The maximum absolute atomic E-state index is 12.5. The number of thiophene rings is 1. The lowest BCUT2D eigenvalue weighted by molar-refractivity contribution is -0.118. The number of rotatable bonds is 6. The molecule has 1 N–H and O–H groups in total. The van der Waals surface area contributed by atoms with Gasteiger partial charge in [0.15, 0.2) is 0 Å². The van der Waals surface area contributed by atoms with E-state index in [1.165, 1.54) is 4.88 Å². The first-order valence-electron chi connectivity index (χ1n) is 9.33. The summed E-state index contributed by atoms with van der Waals surface area (Å²) >= 11 is 1.56. The number of carbonyl (C=O) groups is 2. The molecular formula is C20H31NO3S. The van der Waals surface area contributed by atoms with Gasteiger partial charge in [-0.05, 0) is 43.1 Å². The zero-order valence-corrected chi connectivity index (χ0v) is 17.1. The Morgan fingerprint density at radius 1 is 1.32 bits per heavy atom. The first-order valence-corrected chi connectivity index (χ1v) is 10.1. The third-order valence-corrected chi connectivity index (χ3v) is 6.69. The Morgan fingerprint density at radius 2 is 2.00 bits per heavy atom. The number of nitrogens with one attached hydrogen (secondary N) is 1. The fraction of sp³-hybridized carbons (Fsp3) is 0.700. The van der Waals surface area contributed by atoms with Crippen molar-refractivity contribution < 1.29 is 14.3 Å². The molecule has 1 heterocycles. The highest BCUT2D eigenvalue weighted by atomic mass is 32.1. The molecule has 1 aromatic heterocycles. The second-order valence-corrected chi connectivity index (χ2v) is 8.96. The van der Waals surface area contributed by atoms with Crippen LogP contribution >= 0.6 is 11.3 Å². The van der Waals surface area contributed by atoms with E-state index in [2.05, 4.69) is 26.1 Å². The van der Waals surface area contributed by atoms with Gasteiger partial charge >= 0.3 is 5.97 Å². The first kappa shape index (κ1) is 20.0. The Labute approximate surface area is 155 Å². The molecule has 1 aliphatic carbocycles. The third kappa shape index (κ3) is 4.25. The largest absolute Gasteiger partial charge is 0.462 e. The maximum atomic E-state index is 12.5. The fourth-order valence-electron chi connectivity index (χ4n) is 3.31. The number of amides is 1. The minimum absolute atomic E-state index is 0.0606. The van der Waals surface area contributed by atoms with Crippen molar-refractivity contribution in [2.24, 2.45) is 17.3 Å². The summed E-state index contributed by atoms with van der Waals surface area (Å²) in [5.41, 5.74) is 1.96. The summed E-state index contributed by atoms with van der Waals surface area (Å²) in [6.07, 6.45) is 4.07. The van der Waals surface area contributed by atoms with Crippen molar-refractivity contribution in [2.45, 2.75) is 67.2 Å². The number of fused-ring (bicyclic) bond motifs is 1. The molecule has 5 heteroatoms. The van der Waals surface area contributed by atoms with Crippen LogP contribution in [-0.4, -0.2) is 18.5 Å². The maximum Gasteiger partial charge on any atom is 0.341 e. The summed E-state index contributed by atoms with van der Waals surface area (Å²) in [5, 5.41) is 3.62. The molecule has 1 amide bonds. The Bertz CT molecular complexity index is 646. The molecule has 1 aromatic rings. The van der Waals surface area contributed by atoms with Gasteiger partial charge in [-0.2, -0.15) is 0 Å². The van der Waals surface area contributed by atoms with Gasteiger partial charge in [-0.15, -0.1) is 11.3 Å². The van der Waals surface area contributed by atoms with Gasteiger partial charge in [-0.3, -0.25) is 4.79 Å². The van der Waals surface area contributed by atoms with Crippen LogP contribution in [0.1, 0.15) is 75.2 Å². The van der Waals surface area contributed by atoms with E-state index < -0.39 is 0 Å². The van der Waals surface area contributed by atoms with Crippen molar-refractivity contribution in [3.63, 3.8) is 0 Å². The average molecular weight is 366 g/mol. The van der Waals surface area contributed by atoms with Gasteiger partial charge in [0.2, 0.25) is 5.91 Å². The van der Waals surface area contributed by atoms with E-state index in [9.17, 15) is 9.59 Å². The van der Waals surface area contributed by atoms with Crippen LogP contribution in [0.25, 0.3) is 0 Å². The average Bonchev–Trinajstić information content (AvgIpc) is 2.91. The summed E-state index contributed by atoms with van der Waals surface area (Å²) < 4.78 is 5.27. The van der Waals surface area contributed by atoms with Gasteiger partial charge in [-0.1, -0.05) is 41.0 Å². The minimum atomic E-state index is -0.313. The molecule has 25 heavy (non-hydrogen) atoms. The van der Waals surface area contributed by atoms with Crippen LogP contribution in [0.15, 0.2) is 0 Å². The summed E-state index contributed by atoms with van der Waals surface area (Å²) in [5.74, 6) is 0.107. The highest BCUT2D eigenvalue weighted by Crippen LogP contribution is 2.45. The molecule has 4 nitrogen and oxygen atoms in total. The van der Waals surface area contributed by atoms with Gasteiger partial charge in [-0.25, -0.2) is 4.79 Å². The molecule has 0 aliphatic heterocycles. The monoisotopic (exact) mass is 365 g/mol. The van der Waals surface area contributed by atoms with Crippen LogP contribution in [0.4, 0.5) is 5.00 Å². The smallest absolute Gasteiger partial charge is 0.341 e. The Kier molecular flexibility index (Phi) is 6.30. The second-order valence-electron chi connectivity index (χ2n) is 7.85. The second kappa shape index (κ2) is 7.90. The van der Waals surface area contributed by atoms with E-state index >= 15 is 0 Å². The van der Waals surface area contributed by atoms with E-state index in [4.69, 9.17) is 4.74 Å². The lowest BCUT2D eigenvalue weighted by atomic mass is 9.69. The summed E-state index contributed by atoms with van der Waals surface area (Å²) in [7, 11) is 0. The minimum Gasteiger partial charge on any atom is -0.462 e. The van der Waals surface area contributed by atoms with Crippen LogP contribution in [-0.2, 0) is 22.4 Å². The SMILES string of the molecule is CCOC(=O)c1c(NC(=O)C(C)C)sc2c1CCC(C(C)(C)CC)C2. The van der Waals surface area contributed by atoms with E-state index in [-0.39, 0.29) is 23.2 Å². The summed E-state index contributed by atoms with van der Waals surface area (Å²) in [6, 6.07) is 0. The fourth-order valence-corrected chi connectivity index (χ4v) is 4.62. The molecule has 140 valence electrons. The molecule has 1 atom stereocenters. The van der Waals surface area contributed by atoms with Crippen LogP contribution in [0.3, 0.4) is 0 Å². The Balaban J connectivity index is 2.38. The van der Waals surface area contributed by atoms with Crippen LogP contribution in [0, 0.1) is 17.3 Å². The zero-order chi connectivity index (χ0) is 18.8. The number of ether oxygens (including phenoxy) is 1. The number of hydrogen-bond donors (Lipinski definition) is 1. The van der Waals surface area contributed by atoms with Crippen LogP contribution in [0.2, 0.25) is 0 Å². The molecule has 0 bridgehead atoms. The van der Waals surface area contributed by atoms with Crippen molar-refractivity contribution in [1.82, 2.24) is 0 Å². The number of esters is 1. The molecule has 0 aromatic carbocycles. The van der Waals surface area contributed by atoms with Crippen LogP contribution in [0.5, 0.6) is 0 Å². The van der Waals surface area contributed by atoms with Crippen molar-refractivity contribution in [3.05, 3.63) is 16.0 Å². The van der Waals surface area contributed by atoms with Crippen molar-refractivity contribution in [3.8, 4) is 0 Å². The Morgan fingerprint density at radius 3 is 2.56 bits per heavy atom. The molecule has 1 unspecified atom stereocenters. The Hall–Kier alpha value is -1.36. The number of carbonyl (C=O) groups excluding carboxylic acids is 2. The van der Waals surface area contributed by atoms with Crippen LogP contribution < -0.4 is 5.32 Å². The molecule has 0 saturated heterocycles. The predicted octanol–water partition coefficient (Wildman–Crippen LogP) is 5.06. The van der Waals surface area contributed by atoms with Gasteiger partial charge in [0, 0.05) is 10.8 Å². The molecule has 0 saturated carbocycles. The highest BCUT2D eigenvalue weighted by Gasteiger charge is 2.35. The normalized spacial score (nSPS) is 17.3. The standard InChI is InChI=1S/C20H31NO3S/c1-7-20(5,6)13-9-10-14-15(11-13)25-18(21-17(22)12(3)4)16(14)19(23)24-8-2/h12-13H,7-11H2,1-6H3,(H,21,22). The lowest BCUT2D eigenvalue weighted by Gasteiger charge is -2.36.